The molecule has 1 unspecified atom stereocenters. The van der Waals surface area contributed by atoms with E-state index in [9.17, 15) is 9.18 Å². The van der Waals surface area contributed by atoms with E-state index in [0.29, 0.717) is 35.1 Å². The molecule has 1 aromatic heterocycles. The molecule has 0 spiro atoms. The van der Waals surface area contributed by atoms with Crippen LogP contribution < -0.4 is 5.32 Å². The zero-order valence-corrected chi connectivity index (χ0v) is 14.1. The molecule has 2 aliphatic heterocycles. The van der Waals surface area contributed by atoms with Crippen molar-refractivity contribution in [1.29, 1.82) is 0 Å². The lowest BCUT2D eigenvalue weighted by molar-refractivity contribution is -0.0222. The van der Waals surface area contributed by atoms with Crippen LogP contribution in [0.2, 0.25) is 0 Å². The highest BCUT2D eigenvalue weighted by atomic mass is 19.1. The number of halogens is 1. The summed E-state index contributed by atoms with van der Waals surface area (Å²) in [5.41, 5.74) is 0.638. The van der Waals surface area contributed by atoms with Crippen LogP contribution in [0.4, 0.5) is 4.39 Å². The largest absolute Gasteiger partial charge is 0.381 e. The number of hydrogen-bond acceptors (Lipinski definition) is 4. The molecule has 2 aromatic rings. The Kier molecular flexibility index (Phi) is 4.63. The van der Waals surface area contributed by atoms with Gasteiger partial charge in [-0.15, -0.1) is 0 Å². The van der Waals surface area contributed by atoms with Crippen LogP contribution >= 0.6 is 0 Å². The first kappa shape index (κ1) is 16.4. The van der Waals surface area contributed by atoms with Crippen LogP contribution in [-0.4, -0.2) is 54.2 Å². The average molecular weight is 343 g/mol. The topological polar surface area (TPSA) is 54.5 Å². The number of nitrogens with zero attached hydrogens (tertiary/aromatic N) is 2. The second kappa shape index (κ2) is 7.06. The molecule has 2 saturated heterocycles. The Morgan fingerprint density at radius 2 is 2.16 bits per heavy atom. The molecule has 4 rings (SSSR count). The van der Waals surface area contributed by atoms with Gasteiger partial charge in [-0.2, -0.15) is 0 Å². The summed E-state index contributed by atoms with van der Waals surface area (Å²) in [5.74, 6) is -0.695. The zero-order chi connectivity index (χ0) is 17.2. The molecule has 132 valence electrons. The number of nitrogens with one attached hydrogen (secondary N) is 1. The molecule has 1 aromatic carbocycles. The standard InChI is InChI=1S/C19H22FN3O2/c20-17-11-14(10-13-2-1-6-21-18(13)17)19(24)22-12-16-3-7-23(16)15-4-8-25-9-5-15/h1-2,6,10-11,15-16H,3-5,7-9,12H2,(H,22,24). The maximum absolute atomic E-state index is 14.1. The molecule has 3 heterocycles. The van der Waals surface area contributed by atoms with Gasteiger partial charge in [-0.25, -0.2) is 4.39 Å². The van der Waals surface area contributed by atoms with Crippen molar-refractivity contribution < 1.29 is 13.9 Å². The third kappa shape index (κ3) is 3.37. The predicted molar refractivity (Wildman–Crippen MR) is 93.0 cm³/mol. The molecule has 2 fully saturated rings. The van der Waals surface area contributed by atoms with Crippen molar-refractivity contribution in [2.75, 3.05) is 26.3 Å². The lowest BCUT2D eigenvalue weighted by Crippen LogP contribution is -2.58. The monoisotopic (exact) mass is 343 g/mol. The number of fused-ring (bicyclic) bond motifs is 1. The van der Waals surface area contributed by atoms with Gasteiger partial charge in [0.15, 0.2) is 0 Å². The van der Waals surface area contributed by atoms with Gasteiger partial charge in [0, 0.05) is 55.5 Å². The summed E-state index contributed by atoms with van der Waals surface area (Å²) >= 11 is 0. The zero-order valence-electron chi connectivity index (χ0n) is 14.1. The molecular weight excluding hydrogens is 321 g/mol. The number of benzene rings is 1. The summed E-state index contributed by atoms with van der Waals surface area (Å²) in [6.45, 7) is 3.33. The van der Waals surface area contributed by atoms with Crippen molar-refractivity contribution in [3.8, 4) is 0 Å². The van der Waals surface area contributed by atoms with Crippen LogP contribution in [0.5, 0.6) is 0 Å². The highest BCUT2D eigenvalue weighted by molar-refractivity contribution is 5.98. The van der Waals surface area contributed by atoms with Gasteiger partial charge in [-0.1, -0.05) is 6.07 Å². The van der Waals surface area contributed by atoms with E-state index >= 15 is 0 Å². The van der Waals surface area contributed by atoms with E-state index in [1.165, 1.54) is 6.07 Å². The third-order valence-electron chi connectivity index (χ3n) is 5.27. The molecule has 0 aliphatic carbocycles. The fourth-order valence-electron chi connectivity index (χ4n) is 3.77. The second-order valence-electron chi connectivity index (χ2n) is 6.77. The van der Waals surface area contributed by atoms with Gasteiger partial charge in [-0.3, -0.25) is 14.7 Å². The van der Waals surface area contributed by atoms with Gasteiger partial charge in [0.1, 0.15) is 11.3 Å². The lowest BCUT2D eigenvalue weighted by atomic mass is 9.95. The van der Waals surface area contributed by atoms with Gasteiger partial charge in [0.2, 0.25) is 0 Å². The molecule has 1 N–H and O–H groups in total. The van der Waals surface area contributed by atoms with E-state index in [2.05, 4.69) is 15.2 Å². The Morgan fingerprint density at radius 1 is 1.32 bits per heavy atom. The molecule has 5 nitrogen and oxygen atoms in total. The first-order valence-corrected chi connectivity index (χ1v) is 8.88. The summed E-state index contributed by atoms with van der Waals surface area (Å²) in [6.07, 6.45) is 4.76. The summed E-state index contributed by atoms with van der Waals surface area (Å²) in [4.78, 5) is 18.9. The molecule has 2 aliphatic rings. The number of carbonyl (C=O) groups is 1. The fraction of sp³-hybridized carbons (Fsp3) is 0.474. The van der Waals surface area contributed by atoms with E-state index in [0.717, 1.165) is 39.0 Å². The fourth-order valence-corrected chi connectivity index (χ4v) is 3.77. The van der Waals surface area contributed by atoms with Crippen molar-refractivity contribution in [3.63, 3.8) is 0 Å². The molecule has 6 heteroatoms. The molecule has 1 atom stereocenters. The quantitative estimate of drug-likeness (QED) is 0.926. The Labute approximate surface area is 146 Å². The summed E-state index contributed by atoms with van der Waals surface area (Å²) in [7, 11) is 0. The van der Waals surface area contributed by atoms with E-state index in [1.54, 1.807) is 24.4 Å². The van der Waals surface area contributed by atoms with Crippen LogP contribution in [0.3, 0.4) is 0 Å². The molecule has 1 amide bonds. The van der Waals surface area contributed by atoms with Crippen LogP contribution in [0.1, 0.15) is 29.6 Å². The van der Waals surface area contributed by atoms with Gasteiger partial charge >= 0.3 is 0 Å². The van der Waals surface area contributed by atoms with E-state index in [-0.39, 0.29) is 5.91 Å². The molecule has 0 saturated carbocycles. The van der Waals surface area contributed by atoms with Crippen LogP contribution in [0.25, 0.3) is 10.9 Å². The number of carbonyl (C=O) groups excluding carboxylic acids is 1. The molecule has 25 heavy (non-hydrogen) atoms. The van der Waals surface area contributed by atoms with Gasteiger partial charge in [0.05, 0.1) is 0 Å². The number of amides is 1. The molecule has 0 bridgehead atoms. The normalized spacial score (nSPS) is 21.9. The SMILES string of the molecule is O=C(NCC1CCN1C1CCOCC1)c1cc(F)c2ncccc2c1. The van der Waals surface area contributed by atoms with E-state index in [4.69, 9.17) is 4.74 Å². The number of aromatic nitrogens is 1. The van der Waals surface area contributed by atoms with E-state index in [1.807, 2.05) is 0 Å². The van der Waals surface area contributed by atoms with Crippen molar-refractivity contribution in [1.82, 2.24) is 15.2 Å². The predicted octanol–water partition coefficient (Wildman–Crippen LogP) is 2.36. The Bertz CT molecular complexity index is 776. The summed E-state index contributed by atoms with van der Waals surface area (Å²) < 4.78 is 19.5. The summed E-state index contributed by atoms with van der Waals surface area (Å²) in [6, 6.07) is 7.40. The average Bonchev–Trinajstić information content (AvgIpc) is 2.61. The maximum atomic E-state index is 14.1. The van der Waals surface area contributed by atoms with Crippen molar-refractivity contribution in [2.45, 2.75) is 31.3 Å². The first-order valence-electron chi connectivity index (χ1n) is 8.88. The Balaban J connectivity index is 1.39. The number of ether oxygens (including phenoxy) is 1. The maximum Gasteiger partial charge on any atom is 0.251 e. The van der Waals surface area contributed by atoms with Gasteiger partial charge in [-0.05, 0) is 37.5 Å². The second-order valence-corrected chi connectivity index (χ2v) is 6.77. The minimum Gasteiger partial charge on any atom is -0.381 e. The smallest absolute Gasteiger partial charge is 0.251 e. The van der Waals surface area contributed by atoms with Crippen LogP contribution in [-0.2, 0) is 4.74 Å². The highest BCUT2D eigenvalue weighted by Gasteiger charge is 2.34. The van der Waals surface area contributed by atoms with Gasteiger partial charge in [0.25, 0.3) is 5.91 Å². The van der Waals surface area contributed by atoms with Crippen LogP contribution in [0, 0.1) is 5.82 Å². The number of likely N-dealkylation sites (tertiary alicyclic amines) is 1. The molecule has 0 radical (unpaired) electrons. The lowest BCUT2D eigenvalue weighted by Gasteiger charge is -2.47. The minimum absolute atomic E-state index is 0.233. The first-order chi connectivity index (χ1) is 12.2. The third-order valence-corrected chi connectivity index (χ3v) is 5.27. The van der Waals surface area contributed by atoms with Crippen LogP contribution in [0.15, 0.2) is 30.5 Å². The number of rotatable bonds is 4. The number of hydrogen-bond donors (Lipinski definition) is 1. The summed E-state index contributed by atoms with van der Waals surface area (Å²) in [5, 5.41) is 3.60. The Hall–Kier alpha value is -2.05. The molecular formula is C19H22FN3O2. The van der Waals surface area contributed by atoms with Crippen molar-refractivity contribution in [2.24, 2.45) is 0 Å². The minimum atomic E-state index is -0.462. The highest BCUT2D eigenvalue weighted by Crippen LogP contribution is 2.26. The van der Waals surface area contributed by atoms with Gasteiger partial charge < -0.3 is 10.1 Å². The van der Waals surface area contributed by atoms with E-state index < -0.39 is 5.82 Å². The van der Waals surface area contributed by atoms with Crippen molar-refractivity contribution in [3.05, 3.63) is 41.8 Å². The number of pyridine rings is 1. The van der Waals surface area contributed by atoms with Crippen molar-refractivity contribution >= 4 is 16.8 Å². The Morgan fingerprint density at radius 3 is 2.92 bits per heavy atom.